The van der Waals surface area contributed by atoms with E-state index in [1.807, 2.05) is 0 Å². The van der Waals surface area contributed by atoms with Crippen LogP contribution in [-0.2, 0) is 11.3 Å². The summed E-state index contributed by atoms with van der Waals surface area (Å²) in [4.78, 5) is 2.18. The van der Waals surface area contributed by atoms with E-state index >= 15 is 0 Å². The highest BCUT2D eigenvalue weighted by atomic mass is 19.1. The molecule has 20 heavy (non-hydrogen) atoms. The van der Waals surface area contributed by atoms with Gasteiger partial charge in [0.05, 0.1) is 11.7 Å². The number of nitrogens with zero attached hydrogens (tertiary/aromatic N) is 1. The zero-order valence-electron chi connectivity index (χ0n) is 12.3. The maximum absolute atomic E-state index is 12.9. The van der Waals surface area contributed by atoms with E-state index in [0.717, 1.165) is 31.6 Å². The molecular formula is C16H24FNO2. The summed E-state index contributed by atoms with van der Waals surface area (Å²) in [6, 6.07) is 6.54. The Labute approximate surface area is 120 Å². The third kappa shape index (κ3) is 5.19. The first-order valence-corrected chi connectivity index (χ1v) is 7.23. The van der Waals surface area contributed by atoms with Crippen LogP contribution in [0.1, 0.15) is 32.3 Å². The smallest absolute Gasteiger partial charge is 0.123 e. The summed E-state index contributed by atoms with van der Waals surface area (Å²) in [7, 11) is 0. The molecule has 1 fully saturated rings. The third-order valence-corrected chi connectivity index (χ3v) is 3.42. The zero-order valence-corrected chi connectivity index (χ0v) is 12.3. The molecule has 3 nitrogen and oxygen atoms in total. The molecule has 1 heterocycles. The van der Waals surface area contributed by atoms with Crippen molar-refractivity contribution in [3.8, 4) is 0 Å². The van der Waals surface area contributed by atoms with Crippen LogP contribution in [0.4, 0.5) is 4.39 Å². The highest BCUT2D eigenvalue weighted by molar-refractivity contribution is 5.16. The Morgan fingerprint density at radius 3 is 2.60 bits per heavy atom. The van der Waals surface area contributed by atoms with Crippen LogP contribution in [0.25, 0.3) is 0 Å². The molecule has 4 heteroatoms. The molecule has 0 aliphatic carbocycles. The summed E-state index contributed by atoms with van der Waals surface area (Å²) < 4.78 is 18.6. The van der Waals surface area contributed by atoms with Crippen LogP contribution in [0.5, 0.6) is 0 Å². The minimum atomic E-state index is -0.751. The van der Waals surface area contributed by atoms with Crippen LogP contribution in [0.2, 0.25) is 0 Å². The molecule has 0 amide bonds. The van der Waals surface area contributed by atoms with E-state index in [1.54, 1.807) is 26.0 Å². The highest BCUT2D eigenvalue weighted by Crippen LogP contribution is 2.17. The lowest BCUT2D eigenvalue weighted by Crippen LogP contribution is -2.41. The van der Waals surface area contributed by atoms with Crippen molar-refractivity contribution in [1.29, 1.82) is 0 Å². The zero-order chi connectivity index (χ0) is 14.6. The van der Waals surface area contributed by atoms with E-state index in [9.17, 15) is 9.50 Å². The summed E-state index contributed by atoms with van der Waals surface area (Å²) in [5.41, 5.74) is 0.298. The molecule has 112 valence electrons. The Balaban J connectivity index is 1.99. The Kier molecular flexibility index (Phi) is 5.13. The SMILES string of the molecule is CC(C)(O)CN(Cc1ccc(F)cc1)CC1CCCO1. The van der Waals surface area contributed by atoms with E-state index in [-0.39, 0.29) is 11.9 Å². The van der Waals surface area contributed by atoms with E-state index < -0.39 is 5.60 Å². The molecule has 0 bridgehead atoms. The average Bonchev–Trinajstić information content (AvgIpc) is 2.83. The number of hydrogen-bond acceptors (Lipinski definition) is 3. The van der Waals surface area contributed by atoms with E-state index in [0.29, 0.717) is 13.1 Å². The summed E-state index contributed by atoms with van der Waals surface area (Å²) >= 11 is 0. The van der Waals surface area contributed by atoms with Gasteiger partial charge in [0.1, 0.15) is 5.82 Å². The van der Waals surface area contributed by atoms with Crippen molar-refractivity contribution in [1.82, 2.24) is 4.90 Å². The molecule has 1 aliphatic heterocycles. The van der Waals surface area contributed by atoms with Crippen LogP contribution in [0, 0.1) is 5.82 Å². The monoisotopic (exact) mass is 281 g/mol. The lowest BCUT2D eigenvalue weighted by Gasteiger charge is -2.30. The quantitative estimate of drug-likeness (QED) is 0.870. The van der Waals surface area contributed by atoms with Gasteiger partial charge in [-0.25, -0.2) is 4.39 Å². The molecule has 1 unspecified atom stereocenters. The van der Waals surface area contributed by atoms with Crippen molar-refractivity contribution in [2.45, 2.75) is 44.9 Å². The van der Waals surface area contributed by atoms with Crippen molar-refractivity contribution < 1.29 is 14.2 Å². The average molecular weight is 281 g/mol. The molecule has 1 saturated heterocycles. The normalized spacial score (nSPS) is 19.8. The van der Waals surface area contributed by atoms with Gasteiger partial charge in [-0.15, -0.1) is 0 Å². The third-order valence-electron chi connectivity index (χ3n) is 3.42. The summed E-state index contributed by atoms with van der Waals surface area (Å²) in [5.74, 6) is -0.220. The number of hydrogen-bond donors (Lipinski definition) is 1. The second kappa shape index (κ2) is 6.66. The number of aliphatic hydroxyl groups is 1. The summed E-state index contributed by atoms with van der Waals surface area (Å²) in [5, 5.41) is 10.0. The number of benzene rings is 1. The maximum atomic E-state index is 12.9. The van der Waals surface area contributed by atoms with Gasteiger partial charge in [-0.05, 0) is 44.4 Å². The van der Waals surface area contributed by atoms with Crippen LogP contribution in [0.15, 0.2) is 24.3 Å². The van der Waals surface area contributed by atoms with Gasteiger partial charge >= 0.3 is 0 Å². The van der Waals surface area contributed by atoms with Gasteiger partial charge in [0.25, 0.3) is 0 Å². The molecule has 0 spiro atoms. The van der Waals surface area contributed by atoms with Gasteiger partial charge in [0, 0.05) is 26.2 Å². The Morgan fingerprint density at radius 2 is 2.05 bits per heavy atom. The summed E-state index contributed by atoms with van der Waals surface area (Å²) in [6.07, 6.45) is 2.43. The fourth-order valence-corrected chi connectivity index (χ4v) is 2.66. The second-order valence-electron chi connectivity index (χ2n) is 6.24. The van der Waals surface area contributed by atoms with Gasteiger partial charge in [-0.1, -0.05) is 12.1 Å². The molecule has 0 aromatic heterocycles. The van der Waals surface area contributed by atoms with Crippen LogP contribution in [-0.4, -0.2) is 41.4 Å². The molecule has 1 aromatic carbocycles. The number of ether oxygens (including phenoxy) is 1. The molecule has 1 aromatic rings. The van der Waals surface area contributed by atoms with Crippen LogP contribution in [0.3, 0.4) is 0 Å². The molecule has 0 radical (unpaired) electrons. The predicted molar refractivity (Wildman–Crippen MR) is 76.9 cm³/mol. The first-order valence-electron chi connectivity index (χ1n) is 7.23. The fraction of sp³-hybridized carbons (Fsp3) is 0.625. The van der Waals surface area contributed by atoms with Gasteiger partial charge in [0.15, 0.2) is 0 Å². The molecule has 1 atom stereocenters. The van der Waals surface area contributed by atoms with Crippen molar-refractivity contribution >= 4 is 0 Å². The van der Waals surface area contributed by atoms with E-state index in [4.69, 9.17) is 4.74 Å². The molecule has 1 aliphatic rings. The Hall–Kier alpha value is -0.970. The first-order chi connectivity index (χ1) is 9.42. The predicted octanol–water partition coefficient (Wildman–Crippen LogP) is 2.58. The van der Waals surface area contributed by atoms with Crippen LogP contribution >= 0.6 is 0 Å². The topological polar surface area (TPSA) is 32.7 Å². The van der Waals surface area contributed by atoms with Crippen molar-refractivity contribution in [3.05, 3.63) is 35.6 Å². The number of halogens is 1. The maximum Gasteiger partial charge on any atom is 0.123 e. The van der Waals surface area contributed by atoms with E-state index in [2.05, 4.69) is 4.90 Å². The highest BCUT2D eigenvalue weighted by Gasteiger charge is 2.23. The standard InChI is InChI=1S/C16H24FNO2/c1-16(2,19)12-18(11-15-4-3-9-20-15)10-13-5-7-14(17)8-6-13/h5-8,15,19H,3-4,9-12H2,1-2H3. The largest absolute Gasteiger partial charge is 0.389 e. The van der Waals surface area contributed by atoms with Gasteiger partial charge in [-0.2, -0.15) is 0 Å². The lowest BCUT2D eigenvalue weighted by atomic mass is 10.1. The van der Waals surface area contributed by atoms with Gasteiger partial charge < -0.3 is 9.84 Å². The molecule has 2 rings (SSSR count). The molecular weight excluding hydrogens is 257 g/mol. The Bertz CT molecular complexity index is 407. The summed E-state index contributed by atoms with van der Waals surface area (Å²) in [6.45, 7) is 6.52. The van der Waals surface area contributed by atoms with Crippen molar-refractivity contribution in [2.24, 2.45) is 0 Å². The van der Waals surface area contributed by atoms with Crippen molar-refractivity contribution in [3.63, 3.8) is 0 Å². The fourth-order valence-electron chi connectivity index (χ4n) is 2.66. The van der Waals surface area contributed by atoms with Gasteiger partial charge in [0.2, 0.25) is 0 Å². The minimum absolute atomic E-state index is 0.220. The van der Waals surface area contributed by atoms with Gasteiger partial charge in [-0.3, -0.25) is 4.90 Å². The Morgan fingerprint density at radius 1 is 1.35 bits per heavy atom. The first kappa shape index (κ1) is 15.4. The number of rotatable bonds is 6. The molecule has 1 N–H and O–H groups in total. The lowest BCUT2D eigenvalue weighted by molar-refractivity contribution is 0.00880. The molecule has 0 saturated carbocycles. The van der Waals surface area contributed by atoms with Crippen molar-refractivity contribution in [2.75, 3.05) is 19.7 Å². The van der Waals surface area contributed by atoms with E-state index in [1.165, 1.54) is 12.1 Å². The second-order valence-corrected chi connectivity index (χ2v) is 6.24. The minimum Gasteiger partial charge on any atom is -0.389 e. The van der Waals surface area contributed by atoms with Crippen LogP contribution < -0.4 is 0 Å².